The Balaban J connectivity index is 2.23. The first-order valence-corrected chi connectivity index (χ1v) is 6.03. The summed E-state index contributed by atoms with van der Waals surface area (Å²) in [5.41, 5.74) is 0. The zero-order valence-electron chi connectivity index (χ0n) is 9.51. The summed E-state index contributed by atoms with van der Waals surface area (Å²) in [7, 11) is 0. The van der Waals surface area contributed by atoms with Crippen LogP contribution in [0.15, 0.2) is 0 Å². The van der Waals surface area contributed by atoms with Crippen LogP contribution < -0.4 is 5.32 Å². The molecule has 0 heterocycles. The average molecular weight is 197 g/mol. The van der Waals surface area contributed by atoms with Gasteiger partial charge in [-0.2, -0.15) is 0 Å². The van der Waals surface area contributed by atoms with E-state index in [1.165, 1.54) is 25.7 Å². The van der Waals surface area contributed by atoms with Crippen molar-refractivity contribution in [1.82, 2.24) is 5.32 Å². The van der Waals surface area contributed by atoms with Crippen molar-refractivity contribution >= 4 is 5.91 Å². The molecule has 1 amide bonds. The first-order valence-electron chi connectivity index (χ1n) is 6.03. The summed E-state index contributed by atoms with van der Waals surface area (Å²) in [5.74, 6) is 0.930. The number of rotatable bonds is 4. The molecule has 0 bridgehead atoms. The van der Waals surface area contributed by atoms with Gasteiger partial charge in [-0.3, -0.25) is 4.79 Å². The number of hydrogen-bond donors (Lipinski definition) is 1. The summed E-state index contributed by atoms with van der Waals surface area (Å²) >= 11 is 0. The van der Waals surface area contributed by atoms with Gasteiger partial charge in [-0.25, -0.2) is 0 Å². The largest absolute Gasteiger partial charge is 0.353 e. The third kappa shape index (κ3) is 3.69. The van der Waals surface area contributed by atoms with Crippen molar-refractivity contribution in [2.24, 2.45) is 5.92 Å². The van der Waals surface area contributed by atoms with Crippen molar-refractivity contribution in [2.75, 3.05) is 0 Å². The third-order valence-electron chi connectivity index (χ3n) is 3.22. The van der Waals surface area contributed by atoms with E-state index in [0.717, 1.165) is 12.8 Å². The molecular formula is C12H23NO. The van der Waals surface area contributed by atoms with Crippen LogP contribution in [-0.4, -0.2) is 11.9 Å². The minimum Gasteiger partial charge on any atom is -0.353 e. The van der Waals surface area contributed by atoms with Gasteiger partial charge in [0.15, 0.2) is 0 Å². The highest BCUT2D eigenvalue weighted by atomic mass is 16.1. The fourth-order valence-electron chi connectivity index (χ4n) is 2.15. The molecule has 1 aliphatic carbocycles. The number of hydrogen-bond acceptors (Lipinski definition) is 1. The number of unbranched alkanes of at least 4 members (excludes halogenated alkanes) is 1. The standard InChI is InChI=1S/C12H23NO/c1-3-4-9-12(14)13-11-8-6-5-7-10(11)2/h10-11H,3-9H2,1-2H3,(H,13,14). The number of nitrogens with one attached hydrogen (secondary N) is 1. The Bertz CT molecular complexity index is 179. The molecule has 0 aromatic heterocycles. The quantitative estimate of drug-likeness (QED) is 0.737. The highest BCUT2D eigenvalue weighted by Crippen LogP contribution is 2.23. The Labute approximate surface area is 87.5 Å². The van der Waals surface area contributed by atoms with Crippen LogP contribution in [0.3, 0.4) is 0 Å². The van der Waals surface area contributed by atoms with Crippen LogP contribution >= 0.6 is 0 Å². The molecule has 1 rings (SSSR count). The van der Waals surface area contributed by atoms with Gasteiger partial charge in [0.05, 0.1) is 0 Å². The Morgan fingerprint density at radius 2 is 2.07 bits per heavy atom. The van der Waals surface area contributed by atoms with E-state index in [9.17, 15) is 4.79 Å². The molecule has 1 aliphatic rings. The molecule has 1 N–H and O–H groups in total. The SMILES string of the molecule is CCCCC(=O)NC1CCCCC1C. The van der Waals surface area contributed by atoms with E-state index in [1.807, 2.05) is 0 Å². The van der Waals surface area contributed by atoms with Crippen molar-refractivity contribution in [3.8, 4) is 0 Å². The maximum atomic E-state index is 11.5. The van der Waals surface area contributed by atoms with Gasteiger partial charge in [0.25, 0.3) is 0 Å². The lowest BCUT2D eigenvalue weighted by atomic mass is 9.86. The van der Waals surface area contributed by atoms with Crippen LogP contribution in [0.4, 0.5) is 0 Å². The van der Waals surface area contributed by atoms with E-state index < -0.39 is 0 Å². The number of carbonyl (C=O) groups excluding carboxylic acids is 1. The minimum absolute atomic E-state index is 0.255. The topological polar surface area (TPSA) is 29.1 Å². The van der Waals surface area contributed by atoms with Crippen LogP contribution in [0.25, 0.3) is 0 Å². The van der Waals surface area contributed by atoms with E-state index in [-0.39, 0.29) is 5.91 Å². The fourth-order valence-corrected chi connectivity index (χ4v) is 2.15. The third-order valence-corrected chi connectivity index (χ3v) is 3.22. The van der Waals surface area contributed by atoms with E-state index in [0.29, 0.717) is 18.4 Å². The summed E-state index contributed by atoms with van der Waals surface area (Å²) in [6.45, 7) is 4.38. The molecule has 82 valence electrons. The van der Waals surface area contributed by atoms with Crippen LogP contribution in [0.5, 0.6) is 0 Å². The van der Waals surface area contributed by atoms with Crippen molar-refractivity contribution in [3.63, 3.8) is 0 Å². The number of carbonyl (C=O) groups is 1. The van der Waals surface area contributed by atoms with Crippen molar-refractivity contribution in [3.05, 3.63) is 0 Å². The maximum Gasteiger partial charge on any atom is 0.220 e. The lowest BCUT2D eigenvalue weighted by molar-refractivity contribution is -0.122. The summed E-state index contributed by atoms with van der Waals surface area (Å²) < 4.78 is 0. The molecule has 0 aromatic rings. The van der Waals surface area contributed by atoms with Gasteiger partial charge in [-0.05, 0) is 25.2 Å². The molecular weight excluding hydrogens is 174 g/mol. The van der Waals surface area contributed by atoms with E-state index in [4.69, 9.17) is 0 Å². The second-order valence-corrected chi connectivity index (χ2v) is 4.54. The predicted octanol–water partition coefficient (Wildman–Crippen LogP) is 2.87. The van der Waals surface area contributed by atoms with Crippen LogP contribution in [-0.2, 0) is 4.79 Å². The Kier molecular flexibility index (Phi) is 4.99. The summed E-state index contributed by atoms with van der Waals surface area (Å²) in [5, 5.41) is 3.16. The van der Waals surface area contributed by atoms with Gasteiger partial charge in [-0.15, -0.1) is 0 Å². The Morgan fingerprint density at radius 3 is 2.71 bits per heavy atom. The fraction of sp³-hybridized carbons (Fsp3) is 0.917. The van der Waals surface area contributed by atoms with E-state index in [1.54, 1.807) is 0 Å². The van der Waals surface area contributed by atoms with Crippen LogP contribution in [0.1, 0.15) is 58.8 Å². The Morgan fingerprint density at radius 1 is 1.36 bits per heavy atom. The Hall–Kier alpha value is -0.530. The molecule has 2 nitrogen and oxygen atoms in total. The molecule has 2 atom stereocenters. The molecule has 1 saturated carbocycles. The zero-order valence-corrected chi connectivity index (χ0v) is 9.51. The molecule has 1 fully saturated rings. The smallest absolute Gasteiger partial charge is 0.220 e. The van der Waals surface area contributed by atoms with E-state index >= 15 is 0 Å². The molecule has 0 saturated heterocycles. The molecule has 2 heteroatoms. The molecule has 2 unspecified atom stereocenters. The molecule has 0 aromatic carbocycles. The van der Waals surface area contributed by atoms with Gasteiger partial charge in [0.2, 0.25) is 5.91 Å². The van der Waals surface area contributed by atoms with Crippen molar-refractivity contribution < 1.29 is 4.79 Å². The minimum atomic E-state index is 0.255. The second kappa shape index (κ2) is 6.05. The normalized spacial score (nSPS) is 27.3. The summed E-state index contributed by atoms with van der Waals surface area (Å²) in [6, 6.07) is 0.452. The molecule has 0 radical (unpaired) electrons. The van der Waals surface area contributed by atoms with Gasteiger partial charge in [0.1, 0.15) is 0 Å². The van der Waals surface area contributed by atoms with Gasteiger partial charge >= 0.3 is 0 Å². The zero-order chi connectivity index (χ0) is 10.4. The molecule has 0 aliphatic heterocycles. The van der Waals surface area contributed by atoms with Crippen LogP contribution in [0.2, 0.25) is 0 Å². The van der Waals surface area contributed by atoms with Gasteiger partial charge < -0.3 is 5.32 Å². The average Bonchev–Trinajstić information content (AvgIpc) is 2.18. The molecule has 0 spiro atoms. The molecule has 14 heavy (non-hydrogen) atoms. The number of amides is 1. The lowest BCUT2D eigenvalue weighted by Crippen LogP contribution is -2.40. The lowest BCUT2D eigenvalue weighted by Gasteiger charge is -2.29. The predicted molar refractivity (Wildman–Crippen MR) is 59.1 cm³/mol. The summed E-state index contributed by atoms with van der Waals surface area (Å²) in [4.78, 5) is 11.5. The monoisotopic (exact) mass is 197 g/mol. The van der Waals surface area contributed by atoms with Crippen molar-refractivity contribution in [2.45, 2.75) is 64.8 Å². The first kappa shape index (κ1) is 11.5. The summed E-state index contributed by atoms with van der Waals surface area (Å²) in [6.07, 6.45) is 7.91. The van der Waals surface area contributed by atoms with Crippen molar-refractivity contribution in [1.29, 1.82) is 0 Å². The first-order chi connectivity index (χ1) is 6.74. The van der Waals surface area contributed by atoms with Gasteiger partial charge in [-0.1, -0.05) is 33.1 Å². The second-order valence-electron chi connectivity index (χ2n) is 4.54. The maximum absolute atomic E-state index is 11.5. The van der Waals surface area contributed by atoms with Crippen LogP contribution in [0, 0.1) is 5.92 Å². The highest BCUT2D eigenvalue weighted by molar-refractivity contribution is 5.76. The van der Waals surface area contributed by atoms with Gasteiger partial charge in [0, 0.05) is 12.5 Å². The highest BCUT2D eigenvalue weighted by Gasteiger charge is 2.22. The van der Waals surface area contributed by atoms with E-state index in [2.05, 4.69) is 19.2 Å².